The molecule has 0 bridgehead atoms. The summed E-state index contributed by atoms with van der Waals surface area (Å²) in [6.07, 6.45) is -0.805. The zero-order chi connectivity index (χ0) is 12.3. The summed E-state index contributed by atoms with van der Waals surface area (Å²) < 4.78 is 0. The Morgan fingerprint density at radius 3 is 2.47 bits per heavy atom. The van der Waals surface area contributed by atoms with E-state index in [9.17, 15) is 4.79 Å². The van der Waals surface area contributed by atoms with Gasteiger partial charge in [0.1, 0.15) is 0 Å². The minimum absolute atomic E-state index is 0.612. The molecule has 0 atom stereocenters. The smallest absolute Gasteiger partial charge is 0.407 e. The highest BCUT2D eigenvalue weighted by molar-refractivity contribution is 5.65. The predicted molar refractivity (Wildman–Crippen MR) is 66.1 cm³/mol. The normalized spacial score (nSPS) is 17.1. The molecule has 0 saturated carbocycles. The molecule has 1 heterocycles. The predicted octanol–water partition coefficient (Wildman–Crippen LogP) is 1.79. The van der Waals surface area contributed by atoms with Crippen LogP contribution in [0.1, 0.15) is 11.1 Å². The van der Waals surface area contributed by atoms with Crippen LogP contribution >= 0.6 is 0 Å². The number of hydrogen-bond donors (Lipinski definition) is 1. The van der Waals surface area contributed by atoms with Crippen LogP contribution in [0, 0.1) is 6.92 Å². The Labute approximate surface area is 101 Å². The first kappa shape index (κ1) is 11.9. The van der Waals surface area contributed by atoms with Crippen molar-refractivity contribution in [3.63, 3.8) is 0 Å². The zero-order valence-electron chi connectivity index (χ0n) is 10.1. The number of rotatable bonds is 2. The largest absolute Gasteiger partial charge is 0.465 e. The van der Waals surface area contributed by atoms with Gasteiger partial charge in [-0.3, -0.25) is 4.90 Å². The Bertz CT molecular complexity index is 398. The highest BCUT2D eigenvalue weighted by Gasteiger charge is 2.20. The second kappa shape index (κ2) is 5.19. The lowest BCUT2D eigenvalue weighted by atomic mass is 10.1. The van der Waals surface area contributed by atoms with Crippen LogP contribution in [-0.2, 0) is 6.54 Å². The van der Waals surface area contributed by atoms with E-state index in [-0.39, 0.29) is 0 Å². The number of amides is 1. The first-order chi connectivity index (χ1) is 8.16. The monoisotopic (exact) mass is 234 g/mol. The summed E-state index contributed by atoms with van der Waals surface area (Å²) in [5.41, 5.74) is 2.63. The van der Waals surface area contributed by atoms with E-state index >= 15 is 0 Å². The van der Waals surface area contributed by atoms with E-state index in [0.717, 1.165) is 19.6 Å². The number of hydrogen-bond acceptors (Lipinski definition) is 2. The van der Waals surface area contributed by atoms with Gasteiger partial charge >= 0.3 is 6.09 Å². The van der Waals surface area contributed by atoms with Gasteiger partial charge in [0.25, 0.3) is 0 Å². The summed E-state index contributed by atoms with van der Waals surface area (Å²) in [7, 11) is 0. The Morgan fingerprint density at radius 2 is 1.88 bits per heavy atom. The maximum absolute atomic E-state index is 10.8. The highest BCUT2D eigenvalue weighted by Crippen LogP contribution is 2.12. The lowest BCUT2D eigenvalue weighted by Gasteiger charge is -2.33. The lowest BCUT2D eigenvalue weighted by molar-refractivity contribution is 0.103. The van der Waals surface area contributed by atoms with E-state index in [1.807, 2.05) is 6.07 Å². The van der Waals surface area contributed by atoms with Crippen molar-refractivity contribution >= 4 is 6.09 Å². The third kappa shape index (κ3) is 2.97. The van der Waals surface area contributed by atoms with Crippen molar-refractivity contribution in [2.45, 2.75) is 13.5 Å². The third-order valence-electron chi connectivity index (χ3n) is 3.30. The Kier molecular flexibility index (Phi) is 3.64. The van der Waals surface area contributed by atoms with E-state index in [0.29, 0.717) is 13.1 Å². The van der Waals surface area contributed by atoms with Crippen molar-refractivity contribution in [2.24, 2.45) is 0 Å². The maximum atomic E-state index is 10.8. The molecule has 17 heavy (non-hydrogen) atoms. The average molecular weight is 234 g/mol. The summed E-state index contributed by atoms with van der Waals surface area (Å²) in [5, 5.41) is 8.87. The van der Waals surface area contributed by atoms with Gasteiger partial charge in [-0.2, -0.15) is 0 Å². The SMILES string of the molecule is Cc1ccccc1CN1CCN(C(=O)O)CC1. The standard InChI is InChI=1S/C13H18N2O2/c1-11-4-2-3-5-12(11)10-14-6-8-15(9-7-14)13(16)17/h2-5H,6-10H2,1H3,(H,16,17). The summed E-state index contributed by atoms with van der Waals surface area (Å²) in [5.74, 6) is 0. The maximum Gasteiger partial charge on any atom is 0.407 e. The van der Waals surface area contributed by atoms with Gasteiger partial charge in [-0.15, -0.1) is 0 Å². The molecule has 1 amide bonds. The molecule has 92 valence electrons. The van der Waals surface area contributed by atoms with Crippen LogP contribution in [0.4, 0.5) is 4.79 Å². The van der Waals surface area contributed by atoms with Crippen molar-refractivity contribution in [2.75, 3.05) is 26.2 Å². The molecule has 4 heteroatoms. The Hall–Kier alpha value is -1.55. The Morgan fingerprint density at radius 1 is 1.24 bits per heavy atom. The van der Waals surface area contributed by atoms with Gasteiger partial charge in [0.05, 0.1) is 0 Å². The number of carboxylic acid groups (broad SMARTS) is 1. The molecule has 1 aliphatic heterocycles. The van der Waals surface area contributed by atoms with Crippen LogP contribution in [0.5, 0.6) is 0 Å². The van der Waals surface area contributed by atoms with Gasteiger partial charge in [0.2, 0.25) is 0 Å². The molecule has 1 saturated heterocycles. The molecule has 2 rings (SSSR count). The Balaban J connectivity index is 1.90. The second-order valence-electron chi connectivity index (χ2n) is 4.47. The highest BCUT2D eigenvalue weighted by atomic mass is 16.4. The quantitative estimate of drug-likeness (QED) is 0.848. The fourth-order valence-corrected chi connectivity index (χ4v) is 2.13. The number of benzene rings is 1. The second-order valence-corrected chi connectivity index (χ2v) is 4.47. The number of piperazine rings is 1. The van der Waals surface area contributed by atoms with Gasteiger partial charge in [-0.05, 0) is 18.1 Å². The first-order valence-corrected chi connectivity index (χ1v) is 5.91. The number of carbonyl (C=O) groups is 1. The molecule has 1 fully saturated rings. The van der Waals surface area contributed by atoms with Crippen LogP contribution in [-0.4, -0.2) is 47.2 Å². The van der Waals surface area contributed by atoms with E-state index in [4.69, 9.17) is 5.11 Å². The molecule has 4 nitrogen and oxygen atoms in total. The minimum Gasteiger partial charge on any atom is -0.465 e. The van der Waals surface area contributed by atoms with Crippen LogP contribution in [0.3, 0.4) is 0 Å². The van der Waals surface area contributed by atoms with Gasteiger partial charge in [0, 0.05) is 32.7 Å². The van der Waals surface area contributed by atoms with E-state index in [1.54, 1.807) is 0 Å². The molecule has 0 aliphatic carbocycles. The van der Waals surface area contributed by atoms with E-state index < -0.39 is 6.09 Å². The minimum atomic E-state index is -0.805. The lowest BCUT2D eigenvalue weighted by Crippen LogP contribution is -2.47. The van der Waals surface area contributed by atoms with Crippen LogP contribution < -0.4 is 0 Å². The van der Waals surface area contributed by atoms with Gasteiger partial charge < -0.3 is 10.0 Å². The molecular formula is C13H18N2O2. The van der Waals surface area contributed by atoms with Crippen LogP contribution in [0.25, 0.3) is 0 Å². The number of aryl methyl sites for hydroxylation is 1. The van der Waals surface area contributed by atoms with Crippen molar-refractivity contribution < 1.29 is 9.90 Å². The molecule has 1 N–H and O–H groups in total. The first-order valence-electron chi connectivity index (χ1n) is 5.91. The van der Waals surface area contributed by atoms with Crippen molar-refractivity contribution in [3.8, 4) is 0 Å². The molecule has 1 aromatic rings. The summed E-state index contributed by atoms with van der Waals surface area (Å²) in [4.78, 5) is 14.6. The van der Waals surface area contributed by atoms with Crippen molar-refractivity contribution in [1.82, 2.24) is 9.80 Å². The molecule has 0 aromatic heterocycles. The van der Waals surface area contributed by atoms with E-state index in [2.05, 4.69) is 30.0 Å². The molecule has 1 aliphatic rings. The average Bonchev–Trinajstić information content (AvgIpc) is 2.33. The van der Waals surface area contributed by atoms with Crippen molar-refractivity contribution in [1.29, 1.82) is 0 Å². The fraction of sp³-hybridized carbons (Fsp3) is 0.462. The summed E-state index contributed by atoms with van der Waals surface area (Å²) in [6, 6.07) is 8.35. The van der Waals surface area contributed by atoms with Crippen LogP contribution in [0.2, 0.25) is 0 Å². The zero-order valence-corrected chi connectivity index (χ0v) is 10.1. The third-order valence-corrected chi connectivity index (χ3v) is 3.30. The topological polar surface area (TPSA) is 43.8 Å². The molecule has 1 aromatic carbocycles. The summed E-state index contributed by atoms with van der Waals surface area (Å²) >= 11 is 0. The van der Waals surface area contributed by atoms with Gasteiger partial charge in [-0.1, -0.05) is 24.3 Å². The molecule has 0 radical (unpaired) electrons. The van der Waals surface area contributed by atoms with Crippen LogP contribution in [0.15, 0.2) is 24.3 Å². The summed E-state index contributed by atoms with van der Waals surface area (Å²) in [6.45, 7) is 5.90. The van der Waals surface area contributed by atoms with E-state index in [1.165, 1.54) is 16.0 Å². The fourth-order valence-electron chi connectivity index (χ4n) is 2.13. The number of nitrogens with zero attached hydrogens (tertiary/aromatic N) is 2. The van der Waals surface area contributed by atoms with Crippen molar-refractivity contribution in [3.05, 3.63) is 35.4 Å². The van der Waals surface area contributed by atoms with Gasteiger partial charge in [-0.25, -0.2) is 4.79 Å². The molecular weight excluding hydrogens is 216 g/mol. The molecule has 0 spiro atoms. The molecule has 0 unspecified atom stereocenters. The van der Waals surface area contributed by atoms with Gasteiger partial charge in [0.15, 0.2) is 0 Å².